The third-order valence-electron chi connectivity index (χ3n) is 4.61. The molecule has 0 saturated heterocycles. The summed E-state index contributed by atoms with van der Waals surface area (Å²) in [6.45, 7) is 1.76. The molecule has 6 nitrogen and oxygen atoms in total. The fourth-order valence-corrected chi connectivity index (χ4v) is 4.06. The largest absolute Gasteiger partial charge is 0.503 e. The zero-order valence-corrected chi connectivity index (χ0v) is 17.4. The van der Waals surface area contributed by atoms with Gasteiger partial charge in [0.25, 0.3) is 5.91 Å². The number of allylic oxidation sites excluding steroid dienone is 1. The molecular weight excluding hydrogens is 422 g/mol. The Morgan fingerprint density at radius 2 is 1.83 bits per heavy atom. The Bertz CT molecular complexity index is 1170. The van der Waals surface area contributed by atoms with E-state index >= 15 is 0 Å². The molecule has 2 aromatic carbocycles. The zero-order chi connectivity index (χ0) is 21.3. The van der Waals surface area contributed by atoms with Gasteiger partial charge in [-0.25, -0.2) is 0 Å². The SMILES string of the molecule is Cc1nnc(N2C(=O)C(O)=C(C(=O)/C=C/c3ccccc3)[C@@H]2c2ccc(Cl)cc2)s1. The number of hydrogen-bond donors (Lipinski definition) is 1. The predicted molar refractivity (Wildman–Crippen MR) is 116 cm³/mol. The van der Waals surface area contributed by atoms with Crippen molar-refractivity contribution in [2.75, 3.05) is 4.90 Å². The summed E-state index contributed by atoms with van der Waals surface area (Å²) in [5.74, 6) is -1.75. The Morgan fingerprint density at radius 1 is 1.13 bits per heavy atom. The average Bonchev–Trinajstić information content (AvgIpc) is 3.28. The van der Waals surface area contributed by atoms with E-state index in [0.717, 1.165) is 5.56 Å². The number of benzene rings is 2. The van der Waals surface area contributed by atoms with Gasteiger partial charge in [0.15, 0.2) is 11.5 Å². The third kappa shape index (κ3) is 3.77. The number of halogens is 1. The summed E-state index contributed by atoms with van der Waals surface area (Å²) in [5, 5.41) is 20.1. The summed E-state index contributed by atoms with van der Waals surface area (Å²) in [7, 11) is 0. The highest BCUT2D eigenvalue weighted by molar-refractivity contribution is 7.15. The van der Waals surface area contributed by atoms with Gasteiger partial charge in [-0.3, -0.25) is 14.5 Å². The summed E-state index contributed by atoms with van der Waals surface area (Å²) >= 11 is 7.21. The Kier molecular flexibility index (Phi) is 5.48. The van der Waals surface area contributed by atoms with Crippen molar-refractivity contribution in [3.63, 3.8) is 0 Å². The van der Waals surface area contributed by atoms with Crippen LogP contribution in [0, 0.1) is 6.92 Å². The maximum absolute atomic E-state index is 13.1. The lowest BCUT2D eigenvalue weighted by atomic mass is 9.96. The molecular formula is C22H16ClN3O3S. The molecule has 0 radical (unpaired) electrons. The van der Waals surface area contributed by atoms with Gasteiger partial charge in [0.2, 0.25) is 5.13 Å². The smallest absolute Gasteiger partial charge is 0.296 e. The van der Waals surface area contributed by atoms with Gasteiger partial charge in [-0.15, -0.1) is 10.2 Å². The first kappa shape index (κ1) is 20.0. The molecule has 1 N–H and O–H groups in total. The van der Waals surface area contributed by atoms with Gasteiger partial charge in [-0.1, -0.05) is 71.5 Å². The van der Waals surface area contributed by atoms with Gasteiger partial charge in [0.1, 0.15) is 5.01 Å². The molecule has 0 bridgehead atoms. The van der Waals surface area contributed by atoms with Crippen LogP contribution < -0.4 is 4.90 Å². The third-order valence-corrected chi connectivity index (χ3v) is 5.70. The Balaban J connectivity index is 1.78. The first-order chi connectivity index (χ1) is 14.5. The number of aliphatic hydroxyl groups excluding tert-OH is 1. The van der Waals surface area contributed by atoms with Crippen LogP contribution in [0.5, 0.6) is 0 Å². The van der Waals surface area contributed by atoms with Gasteiger partial charge in [0, 0.05) is 5.02 Å². The van der Waals surface area contributed by atoms with E-state index in [-0.39, 0.29) is 5.57 Å². The number of anilines is 1. The first-order valence-corrected chi connectivity index (χ1v) is 10.2. The lowest BCUT2D eigenvalue weighted by Crippen LogP contribution is -2.30. The van der Waals surface area contributed by atoms with Crippen molar-refractivity contribution >= 4 is 45.8 Å². The molecule has 3 aromatic rings. The fourth-order valence-electron chi connectivity index (χ4n) is 3.22. The number of ketones is 1. The molecule has 0 saturated carbocycles. The van der Waals surface area contributed by atoms with E-state index in [0.29, 0.717) is 20.7 Å². The fraction of sp³-hybridized carbons (Fsp3) is 0.0909. The molecule has 30 heavy (non-hydrogen) atoms. The molecule has 0 spiro atoms. The van der Waals surface area contributed by atoms with Crippen LogP contribution in [0.25, 0.3) is 6.08 Å². The van der Waals surface area contributed by atoms with Gasteiger partial charge in [0.05, 0.1) is 11.6 Å². The van der Waals surface area contributed by atoms with Crippen molar-refractivity contribution in [2.45, 2.75) is 13.0 Å². The van der Waals surface area contributed by atoms with Crippen LogP contribution in [0.2, 0.25) is 5.02 Å². The highest BCUT2D eigenvalue weighted by Crippen LogP contribution is 2.42. The van der Waals surface area contributed by atoms with Gasteiger partial charge >= 0.3 is 0 Å². The summed E-state index contributed by atoms with van der Waals surface area (Å²) < 4.78 is 0. The molecule has 4 rings (SSSR count). The highest BCUT2D eigenvalue weighted by Gasteiger charge is 2.45. The molecule has 0 fully saturated rings. The van der Waals surface area contributed by atoms with Crippen LogP contribution in [0.4, 0.5) is 5.13 Å². The molecule has 2 heterocycles. The second-order valence-electron chi connectivity index (χ2n) is 6.60. The maximum atomic E-state index is 13.1. The molecule has 1 aromatic heterocycles. The molecule has 1 amide bonds. The van der Waals surface area contributed by atoms with Crippen LogP contribution in [0.1, 0.15) is 22.2 Å². The second-order valence-corrected chi connectivity index (χ2v) is 8.20. The number of carbonyl (C=O) groups excluding carboxylic acids is 2. The highest BCUT2D eigenvalue weighted by atomic mass is 35.5. The van der Waals surface area contributed by atoms with Crippen molar-refractivity contribution in [3.05, 3.63) is 93.2 Å². The predicted octanol–water partition coefficient (Wildman–Crippen LogP) is 4.68. The zero-order valence-electron chi connectivity index (χ0n) is 15.8. The summed E-state index contributed by atoms with van der Waals surface area (Å²) in [4.78, 5) is 27.3. The molecule has 1 atom stereocenters. The molecule has 1 aliphatic heterocycles. The molecule has 0 aliphatic carbocycles. The van der Waals surface area contributed by atoms with E-state index in [9.17, 15) is 14.7 Å². The number of rotatable bonds is 5. The van der Waals surface area contributed by atoms with Gasteiger partial charge in [-0.05, 0) is 36.3 Å². The van der Waals surface area contributed by atoms with Crippen molar-refractivity contribution in [2.24, 2.45) is 0 Å². The van der Waals surface area contributed by atoms with E-state index in [1.807, 2.05) is 30.3 Å². The van der Waals surface area contributed by atoms with Gasteiger partial charge in [-0.2, -0.15) is 0 Å². The number of amides is 1. The van der Waals surface area contributed by atoms with Gasteiger partial charge < -0.3 is 5.11 Å². The van der Waals surface area contributed by atoms with E-state index in [1.165, 1.54) is 22.3 Å². The standard InChI is InChI=1S/C22H16ClN3O3S/c1-13-24-25-22(30-13)26-19(15-8-10-16(23)11-9-15)18(20(28)21(26)29)17(27)12-7-14-5-3-2-4-6-14/h2-12,19,28H,1H3/b12-7+/t19-/m0/s1. The minimum Gasteiger partial charge on any atom is -0.503 e. The molecule has 8 heteroatoms. The van der Waals surface area contributed by atoms with E-state index in [1.54, 1.807) is 37.3 Å². The topological polar surface area (TPSA) is 83.4 Å². The van der Waals surface area contributed by atoms with Crippen molar-refractivity contribution in [1.82, 2.24) is 10.2 Å². The maximum Gasteiger partial charge on any atom is 0.296 e. The first-order valence-electron chi connectivity index (χ1n) is 9.05. The molecule has 0 unspecified atom stereocenters. The summed E-state index contributed by atoms with van der Waals surface area (Å²) in [6, 6.07) is 15.2. The number of aliphatic hydroxyl groups is 1. The Hall–Kier alpha value is -3.29. The van der Waals surface area contributed by atoms with E-state index < -0.39 is 23.5 Å². The number of hydrogen-bond acceptors (Lipinski definition) is 6. The quantitative estimate of drug-likeness (QED) is 0.586. The van der Waals surface area contributed by atoms with E-state index in [2.05, 4.69) is 10.2 Å². The average molecular weight is 438 g/mol. The van der Waals surface area contributed by atoms with Crippen LogP contribution in [0.15, 0.2) is 72.0 Å². The Labute approximate surface area is 181 Å². The van der Waals surface area contributed by atoms with Crippen molar-refractivity contribution in [3.8, 4) is 0 Å². The Morgan fingerprint density at radius 3 is 2.47 bits per heavy atom. The minimum atomic E-state index is -0.838. The van der Waals surface area contributed by atoms with Crippen LogP contribution in [-0.4, -0.2) is 27.0 Å². The normalized spacial score (nSPS) is 16.7. The van der Waals surface area contributed by atoms with E-state index in [4.69, 9.17) is 11.6 Å². The minimum absolute atomic E-state index is 0.0117. The number of aromatic nitrogens is 2. The van der Waals surface area contributed by atoms with Crippen LogP contribution in [0.3, 0.4) is 0 Å². The number of nitrogens with zero attached hydrogens (tertiary/aromatic N) is 3. The van der Waals surface area contributed by atoms with Crippen LogP contribution in [-0.2, 0) is 9.59 Å². The lowest BCUT2D eigenvalue weighted by Gasteiger charge is -2.23. The number of aryl methyl sites for hydroxylation is 1. The van der Waals surface area contributed by atoms with Crippen molar-refractivity contribution < 1.29 is 14.7 Å². The lowest BCUT2D eigenvalue weighted by molar-refractivity contribution is -0.117. The second kappa shape index (κ2) is 8.22. The number of carbonyl (C=O) groups is 2. The molecule has 150 valence electrons. The van der Waals surface area contributed by atoms with Crippen molar-refractivity contribution in [1.29, 1.82) is 0 Å². The molecule has 1 aliphatic rings. The monoisotopic (exact) mass is 437 g/mol. The summed E-state index contributed by atoms with van der Waals surface area (Å²) in [5.41, 5.74) is 1.44. The summed E-state index contributed by atoms with van der Waals surface area (Å²) in [6.07, 6.45) is 3.00. The van der Waals surface area contributed by atoms with Crippen LogP contribution >= 0.6 is 22.9 Å².